The van der Waals surface area contributed by atoms with Gasteiger partial charge in [-0.1, -0.05) is 61.7 Å². The second-order valence-corrected chi connectivity index (χ2v) is 12.1. The summed E-state index contributed by atoms with van der Waals surface area (Å²) in [5.74, 6) is 2.48. The molecule has 0 aliphatic carbocycles. The molecule has 17 nitrogen and oxygen atoms in total. The molecule has 0 saturated heterocycles. The van der Waals surface area contributed by atoms with Crippen molar-refractivity contribution in [1.82, 2.24) is 69.4 Å². The molecule has 2 aliphatic heterocycles. The van der Waals surface area contributed by atoms with Gasteiger partial charge in [-0.25, -0.2) is 18.4 Å². The van der Waals surface area contributed by atoms with Gasteiger partial charge in [0.05, 0.1) is 22.8 Å². The van der Waals surface area contributed by atoms with Gasteiger partial charge in [0.25, 0.3) is 0 Å². The molecule has 0 unspecified atom stereocenters. The van der Waals surface area contributed by atoms with Crippen molar-refractivity contribution in [3.8, 4) is 46.1 Å². The quantitative estimate of drug-likeness (QED) is 0.0767. The molecular weight excluding hydrogens is 1390 g/mol. The first-order chi connectivity index (χ1) is 27.7. The SMILES string of the molecule is CN1C=CN(C)[CH-]1.CN1C=CN(C)[CH-]1.O=S(=O)([O-])C(F)(F)F.[Ag][I].[Au+3].[Cl][Au].c1cc(-c2ncc[n-]2)nc(-c2ncc[n-]2)c1.c1cc(-c2ncc[n-]2)nc(-c2ncc[n-]2)c1. The molecule has 0 bridgehead atoms. The summed E-state index contributed by atoms with van der Waals surface area (Å²) in [5.41, 5.74) is -2.73. The third-order valence-electron chi connectivity index (χ3n) is 6.34. The predicted octanol–water partition coefficient (Wildman–Crippen LogP) is 4.77. The van der Waals surface area contributed by atoms with Crippen molar-refractivity contribution >= 4 is 38.3 Å². The van der Waals surface area contributed by atoms with E-state index >= 15 is 0 Å². The zero-order chi connectivity index (χ0) is 43.1. The number of imidazole rings is 4. The molecule has 0 N–H and O–H groups in total. The Kier molecular flexibility index (Phi) is 25.8. The molecule has 0 saturated carbocycles. The molecule has 26 heteroatoms. The van der Waals surface area contributed by atoms with Crippen molar-refractivity contribution in [3.05, 3.63) is 124 Å². The summed E-state index contributed by atoms with van der Waals surface area (Å²) in [7, 11) is 6.49. The van der Waals surface area contributed by atoms with Gasteiger partial charge in [0.15, 0.2) is 10.1 Å². The topological polar surface area (TPSA) is 204 Å². The fourth-order valence-corrected chi connectivity index (χ4v) is 4.01. The number of nitrogens with zero attached hydrogens (tertiary/aromatic N) is 14. The van der Waals surface area contributed by atoms with E-state index < -0.39 is 15.6 Å². The molecule has 2 aliphatic rings. The first kappa shape index (κ1) is 53.8. The Labute approximate surface area is 393 Å². The Hall–Kier alpha value is -3.24. The van der Waals surface area contributed by atoms with E-state index in [4.69, 9.17) is 13.0 Å². The largest absolute Gasteiger partial charge is 0.441 e. The molecule has 6 aromatic rings. The first-order valence-corrected chi connectivity index (χ1v) is 24.1. The fourth-order valence-electron chi connectivity index (χ4n) is 4.01. The average molecular weight is 1430 g/mol. The van der Waals surface area contributed by atoms with Gasteiger partial charge in [-0.05, 0) is 101 Å². The number of alkyl halides is 3. The van der Waals surface area contributed by atoms with Crippen LogP contribution in [0.3, 0.4) is 0 Å². The third-order valence-corrected chi connectivity index (χ3v) is 6.91. The van der Waals surface area contributed by atoms with E-state index in [1.54, 1.807) is 69.6 Å². The van der Waals surface area contributed by atoms with Crippen LogP contribution in [0.2, 0.25) is 0 Å². The maximum atomic E-state index is 10.7. The van der Waals surface area contributed by atoms with E-state index in [0.717, 1.165) is 22.8 Å². The molecule has 0 aromatic carbocycles. The molecule has 0 spiro atoms. The van der Waals surface area contributed by atoms with E-state index in [1.165, 1.54) is 0 Å². The van der Waals surface area contributed by atoms with E-state index in [0.29, 0.717) is 23.3 Å². The van der Waals surface area contributed by atoms with Crippen molar-refractivity contribution in [2.75, 3.05) is 28.2 Å². The molecule has 6 aromatic heterocycles. The van der Waals surface area contributed by atoms with Crippen LogP contribution in [0.1, 0.15) is 0 Å². The van der Waals surface area contributed by atoms with Gasteiger partial charge in [0.2, 0.25) is 0 Å². The summed E-state index contributed by atoms with van der Waals surface area (Å²) in [4.78, 5) is 49.6. The average Bonchev–Trinajstić information content (AvgIpc) is 4.07. The number of aromatic nitrogens is 10. The molecule has 59 heavy (non-hydrogen) atoms. The van der Waals surface area contributed by atoms with Crippen molar-refractivity contribution in [2.45, 2.75) is 5.51 Å². The number of pyridine rings is 2. The van der Waals surface area contributed by atoms with Gasteiger partial charge in [0, 0.05) is 0 Å². The van der Waals surface area contributed by atoms with Crippen LogP contribution in [0.25, 0.3) is 46.1 Å². The molecule has 8 heterocycles. The summed E-state index contributed by atoms with van der Waals surface area (Å²) in [6.07, 6.45) is 21.1. The Morgan fingerprint density at radius 3 is 0.983 bits per heavy atom. The van der Waals surface area contributed by atoms with Crippen molar-refractivity contribution in [3.63, 3.8) is 0 Å². The molecule has 0 amide bonds. The summed E-state index contributed by atoms with van der Waals surface area (Å²) in [6.45, 7) is 4.00. The van der Waals surface area contributed by atoms with Gasteiger partial charge < -0.3 is 64.0 Å². The van der Waals surface area contributed by atoms with Crippen LogP contribution in [0, 0.1) is 13.3 Å². The number of hydrogen-bond donors (Lipinski definition) is 0. The van der Waals surface area contributed by atoms with Crippen LogP contribution in [0.5, 0.6) is 0 Å². The van der Waals surface area contributed by atoms with Crippen LogP contribution in [0.15, 0.2) is 111 Å². The van der Waals surface area contributed by atoms with Crippen LogP contribution in [-0.2, 0) is 69.7 Å². The Morgan fingerprint density at radius 1 is 0.627 bits per heavy atom. The summed E-state index contributed by atoms with van der Waals surface area (Å²) in [6, 6.07) is 11.2. The Morgan fingerprint density at radius 2 is 0.847 bits per heavy atom. The summed E-state index contributed by atoms with van der Waals surface area (Å²) < 4.78 is 58.9. The molecule has 0 atom stereocenters. The van der Waals surface area contributed by atoms with Gasteiger partial charge in [-0.3, -0.25) is 0 Å². The minimum atomic E-state index is -6.09. The standard InChI is InChI=1S/2C11H7N5.2C5H9N2.CHF3O3S.Ag.2Au.ClH.HI/c2*1-2-8(10-12-4-5-13-10)16-9(3-1)11-14-6-7-15-11;2*1-6-3-4-7(2)5-6;2-1(3,4)8(5,6)7;;;;;/h2*1-7H;2*3-5H,1-2H3;(H,5,6,7);;;;2*1H/q2*-2;2*-1;;2*+1;+3;;/p-3. The summed E-state index contributed by atoms with van der Waals surface area (Å²) >= 11 is 6.63. The molecule has 8 rings (SSSR count). The predicted molar refractivity (Wildman–Crippen MR) is 208 cm³/mol. The van der Waals surface area contributed by atoms with E-state index in [2.05, 4.69) is 76.3 Å². The van der Waals surface area contributed by atoms with Gasteiger partial charge in [-0.15, -0.1) is 0 Å². The second-order valence-electron chi connectivity index (χ2n) is 10.7. The number of rotatable bonds is 4. The fraction of sp³-hybridized carbons (Fsp3) is 0.152. The minimum absolute atomic E-state index is 0. The molecule has 330 valence electrons. The van der Waals surface area contributed by atoms with Crippen molar-refractivity contribution in [2.24, 2.45) is 0 Å². The first-order valence-electron chi connectivity index (χ1n) is 15.6. The smallest absolute Gasteiger partial charge is 0.0627 e. The normalized spacial score (nSPS) is 12.4. The zero-order valence-corrected chi connectivity index (χ0v) is 40.3. The monoisotopic (exact) mass is 1420 g/mol. The van der Waals surface area contributed by atoms with Gasteiger partial charge in [0.1, 0.15) is 0 Å². The Bertz CT molecular complexity index is 1910. The van der Waals surface area contributed by atoms with Crippen LogP contribution in [0.4, 0.5) is 13.2 Å². The third kappa shape index (κ3) is 19.8. The Balaban J connectivity index is 0.000000377. The molecular formula is C33H32AgAu2ClF3IN14O3S-4. The van der Waals surface area contributed by atoms with Crippen molar-refractivity contribution in [1.29, 1.82) is 0 Å². The van der Waals surface area contributed by atoms with Crippen LogP contribution < -0.4 is 19.9 Å². The second kappa shape index (κ2) is 28.3. The maximum Gasteiger partial charge on any atom is 0.0627 e. The van der Waals surface area contributed by atoms with Crippen LogP contribution in [-0.4, -0.2) is 96.2 Å². The maximum absolute atomic E-state index is 10.7. The van der Waals surface area contributed by atoms with E-state index in [1.807, 2.05) is 141 Å². The molecule has 0 fully saturated rings. The summed E-state index contributed by atoms with van der Waals surface area (Å²) in [5, 5.41) is 0. The zero-order valence-electron chi connectivity index (χ0n) is 30.7. The molecule has 0 radical (unpaired) electrons. The van der Waals surface area contributed by atoms with Gasteiger partial charge in [-0.2, -0.15) is 26.5 Å². The van der Waals surface area contributed by atoms with Crippen molar-refractivity contribution < 1.29 is 85.8 Å². The minimum Gasteiger partial charge on any atom is -0.441 e. The van der Waals surface area contributed by atoms with Gasteiger partial charge >= 0.3 is 93.3 Å². The van der Waals surface area contributed by atoms with Crippen LogP contribution >= 0.6 is 28.2 Å². The van der Waals surface area contributed by atoms with E-state index in [9.17, 15) is 13.2 Å². The number of halogens is 5. The number of hydrogen-bond acceptors (Lipinski definition) is 13. The van der Waals surface area contributed by atoms with E-state index in [-0.39, 0.29) is 22.4 Å².